The maximum Gasteiger partial charge on any atom is 0.0713 e. The van der Waals surface area contributed by atoms with Crippen molar-refractivity contribution in [2.75, 3.05) is 4.90 Å². The molecule has 10 aromatic rings. The van der Waals surface area contributed by atoms with Crippen molar-refractivity contribution in [1.82, 2.24) is 0 Å². The molecule has 0 bridgehead atoms. The highest BCUT2D eigenvalue weighted by atomic mass is 32.1. The van der Waals surface area contributed by atoms with Crippen LogP contribution in [0.3, 0.4) is 0 Å². The molecule has 0 unspecified atom stereocenters. The minimum absolute atomic E-state index is 0.400. The summed E-state index contributed by atoms with van der Waals surface area (Å²) >= 11 is 1.89. The second kappa shape index (κ2) is 13.6. The maximum atomic E-state index is 2.41. The topological polar surface area (TPSA) is 3.24 Å². The first-order chi connectivity index (χ1) is 28.3. The van der Waals surface area contributed by atoms with Gasteiger partial charge in [-0.1, -0.05) is 194 Å². The Morgan fingerprint density at radius 1 is 0.316 bits per heavy atom. The lowest BCUT2D eigenvalue weighted by atomic mass is 9.67. The molecule has 57 heavy (non-hydrogen) atoms. The van der Waals surface area contributed by atoms with E-state index in [0.29, 0.717) is 0 Å². The summed E-state index contributed by atoms with van der Waals surface area (Å²) in [4.78, 5) is 2.41. The van der Waals surface area contributed by atoms with Crippen LogP contribution in [-0.2, 0) is 5.41 Å². The summed E-state index contributed by atoms with van der Waals surface area (Å²) in [6, 6.07) is 82.2. The third-order valence-corrected chi connectivity index (χ3v) is 13.1. The summed E-state index contributed by atoms with van der Waals surface area (Å²) in [5.74, 6) is 0. The molecule has 1 nitrogen and oxygen atoms in total. The van der Waals surface area contributed by atoms with Gasteiger partial charge >= 0.3 is 0 Å². The predicted molar refractivity (Wildman–Crippen MR) is 242 cm³/mol. The molecule has 268 valence electrons. The van der Waals surface area contributed by atoms with E-state index in [1.54, 1.807) is 0 Å². The van der Waals surface area contributed by atoms with E-state index in [1.807, 2.05) is 11.3 Å². The van der Waals surface area contributed by atoms with Crippen LogP contribution < -0.4 is 4.90 Å². The number of anilines is 3. The number of benzene rings is 9. The van der Waals surface area contributed by atoms with Crippen molar-refractivity contribution in [3.63, 3.8) is 0 Å². The second-order valence-corrected chi connectivity index (χ2v) is 15.8. The normalized spacial score (nSPS) is 12.7. The van der Waals surface area contributed by atoms with Gasteiger partial charge in [0.25, 0.3) is 0 Å². The fraction of sp³-hybridized carbons (Fsp3) is 0.0182. The average molecular weight is 744 g/mol. The van der Waals surface area contributed by atoms with Crippen LogP contribution in [0.25, 0.3) is 53.6 Å². The van der Waals surface area contributed by atoms with Crippen molar-refractivity contribution in [1.29, 1.82) is 0 Å². The van der Waals surface area contributed by atoms with Gasteiger partial charge in [-0.15, -0.1) is 11.3 Å². The number of nitrogens with zero attached hydrogens (tertiary/aromatic N) is 1. The number of hydrogen-bond acceptors (Lipinski definition) is 2. The van der Waals surface area contributed by atoms with E-state index in [-0.39, 0.29) is 0 Å². The highest BCUT2D eigenvalue weighted by Crippen LogP contribution is 2.56. The molecule has 0 aliphatic heterocycles. The summed E-state index contributed by atoms with van der Waals surface area (Å²) in [6.45, 7) is 0. The highest BCUT2D eigenvalue weighted by molar-refractivity contribution is 7.27. The first-order valence-corrected chi connectivity index (χ1v) is 20.4. The number of rotatable bonds is 7. The van der Waals surface area contributed by atoms with Gasteiger partial charge in [0, 0.05) is 26.8 Å². The van der Waals surface area contributed by atoms with E-state index >= 15 is 0 Å². The summed E-state index contributed by atoms with van der Waals surface area (Å²) in [5, 5.41) is 2.58. The van der Waals surface area contributed by atoms with Crippen LogP contribution in [0, 0.1) is 0 Å². The first-order valence-electron chi connectivity index (χ1n) is 19.6. The Bertz CT molecular complexity index is 2990. The number of thiophene rings is 1. The SMILES string of the molecule is c1ccc(-c2cccc3c2sc2c(N(c4ccccc4)c4ccc(-c5ccc(C6(c7ccccc7)c7ccccc7-c7ccccc76)cc5)cc4)cccc23)cc1. The zero-order valence-electron chi connectivity index (χ0n) is 31.2. The minimum atomic E-state index is -0.400. The van der Waals surface area contributed by atoms with E-state index in [9.17, 15) is 0 Å². The molecule has 11 rings (SSSR count). The molecule has 0 saturated carbocycles. The summed E-state index contributed by atoms with van der Waals surface area (Å²) in [5.41, 5.74) is 15.8. The lowest BCUT2D eigenvalue weighted by Gasteiger charge is -2.34. The Balaban J connectivity index is 1.00. The van der Waals surface area contributed by atoms with Gasteiger partial charge in [-0.2, -0.15) is 0 Å². The Labute approximate surface area is 337 Å². The fourth-order valence-electron chi connectivity index (χ4n) is 9.26. The van der Waals surface area contributed by atoms with Gasteiger partial charge in [0.15, 0.2) is 0 Å². The van der Waals surface area contributed by atoms with Crippen molar-refractivity contribution >= 4 is 48.6 Å². The van der Waals surface area contributed by atoms with Gasteiger partial charge in [0.1, 0.15) is 0 Å². The molecule has 0 saturated heterocycles. The van der Waals surface area contributed by atoms with Crippen LogP contribution in [0.15, 0.2) is 224 Å². The van der Waals surface area contributed by atoms with Gasteiger partial charge in [-0.3, -0.25) is 0 Å². The lowest BCUT2D eigenvalue weighted by Crippen LogP contribution is -2.28. The monoisotopic (exact) mass is 743 g/mol. The van der Waals surface area contributed by atoms with Gasteiger partial charge in [-0.05, 0) is 86.0 Å². The van der Waals surface area contributed by atoms with Crippen LogP contribution in [0.1, 0.15) is 22.3 Å². The van der Waals surface area contributed by atoms with E-state index in [4.69, 9.17) is 0 Å². The van der Waals surface area contributed by atoms with E-state index < -0.39 is 5.41 Å². The third kappa shape index (κ3) is 5.29. The Morgan fingerprint density at radius 2 is 0.789 bits per heavy atom. The van der Waals surface area contributed by atoms with Crippen LogP contribution in [0.2, 0.25) is 0 Å². The molecule has 1 heterocycles. The van der Waals surface area contributed by atoms with Gasteiger partial charge in [-0.25, -0.2) is 0 Å². The molecule has 2 heteroatoms. The maximum absolute atomic E-state index is 2.41. The van der Waals surface area contributed by atoms with Gasteiger partial charge < -0.3 is 4.90 Å². The Kier molecular flexibility index (Phi) is 7.98. The Morgan fingerprint density at radius 3 is 1.44 bits per heavy atom. The molecule has 1 aliphatic rings. The van der Waals surface area contributed by atoms with E-state index in [2.05, 4.69) is 229 Å². The van der Waals surface area contributed by atoms with E-state index in [0.717, 1.165) is 11.4 Å². The molecular weight excluding hydrogens is 707 g/mol. The molecule has 9 aromatic carbocycles. The highest BCUT2D eigenvalue weighted by Gasteiger charge is 2.45. The van der Waals surface area contributed by atoms with Crippen LogP contribution in [0.5, 0.6) is 0 Å². The van der Waals surface area contributed by atoms with Crippen molar-refractivity contribution in [2.24, 2.45) is 0 Å². The Hall–Kier alpha value is -7.00. The first kappa shape index (κ1) is 33.3. The van der Waals surface area contributed by atoms with E-state index in [1.165, 1.54) is 81.5 Å². The minimum Gasteiger partial charge on any atom is -0.309 e. The van der Waals surface area contributed by atoms with Crippen molar-refractivity contribution < 1.29 is 0 Å². The fourth-order valence-corrected chi connectivity index (χ4v) is 10.6. The molecule has 0 spiro atoms. The number of fused-ring (bicyclic) bond motifs is 6. The molecule has 0 fully saturated rings. The lowest BCUT2D eigenvalue weighted by molar-refractivity contribution is 0.768. The molecule has 0 radical (unpaired) electrons. The van der Waals surface area contributed by atoms with Crippen molar-refractivity contribution in [2.45, 2.75) is 5.41 Å². The summed E-state index contributed by atoms with van der Waals surface area (Å²) in [6.07, 6.45) is 0. The zero-order chi connectivity index (χ0) is 37.8. The summed E-state index contributed by atoms with van der Waals surface area (Å²) in [7, 11) is 0. The quantitative estimate of drug-likeness (QED) is 0.157. The standard InChI is InChI=1S/C55H37NS/c1-4-16-40(17-5-1)45-24-14-25-48-49-26-15-29-52(54(49)57-53(45)48)56(43-20-8-3-9-21-43)44-36-32-39(33-37-44)38-30-34-42(35-31-38)55(41-18-6-2-7-19-41)50-27-12-10-22-46(50)47-23-11-13-28-51(47)55/h1-37H. The summed E-state index contributed by atoms with van der Waals surface area (Å²) < 4.78 is 2.60. The van der Waals surface area contributed by atoms with Crippen LogP contribution in [-0.4, -0.2) is 0 Å². The smallest absolute Gasteiger partial charge is 0.0713 e. The van der Waals surface area contributed by atoms with Crippen molar-refractivity contribution in [3.05, 3.63) is 247 Å². The number of para-hydroxylation sites is 1. The number of hydrogen-bond donors (Lipinski definition) is 0. The second-order valence-electron chi connectivity index (χ2n) is 14.8. The third-order valence-electron chi connectivity index (χ3n) is 11.8. The molecule has 0 amide bonds. The van der Waals surface area contributed by atoms with Gasteiger partial charge in [0.2, 0.25) is 0 Å². The molecule has 0 N–H and O–H groups in total. The molecule has 1 aromatic heterocycles. The zero-order valence-corrected chi connectivity index (χ0v) is 32.0. The molecular formula is C55H37NS. The van der Waals surface area contributed by atoms with Crippen LogP contribution >= 0.6 is 11.3 Å². The average Bonchev–Trinajstić information content (AvgIpc) is 3.83. The molecule has 0 atom stereocenters. The van der Waals surface area contributed by atoms with Crippen molar-refractivity contribution in [3.8, 4) is 33.4 Å². The predicted octanol–water partition coefficient (Wildman–Crippen LogP) is 15.2. The van der Waals surface area contributed by atoms with Gasteiger partial charge in [0.05, 0.1) is 15.8 Å². The van der Waals surface area contributed by atoms with Crippen LogP contribution in [0.4, 0.5) is 17.1 Å². The largest absolute Gasteiger partial charge is 0.309 e. The molecule has 1 aliphatic carbocycles.